The molecule has 0 aromatic heterocycles. The molecule has 1 aromatic rings. The first kappa shape index (κ1) is 16.4. The van der Waals surface area contributed by atoms with Gasteiger partial charge >= 0.3 is 0 Å². The van der Waals surface area contributed by atoms with Crippen molar-refractivity contribution in [1.82, 2.24) is 5.32 Å². The van der Waals surface area contributed by atoms with Crippen LogP contribution in [-0.4, -0.2) is 11.3 Å². The third kappa shape index (κ3) is 2.61. The van der Waals surface area contributed by atoms with Crippen LogP contribution in [0, 0.1) is 0 Å². The minimum atomic E-state index is -0.417. The smallest absolute Gasteiger partial charge is 0.126 e. The van der Waals surface area contributed by atoms with E-state index in [0.717, 1.165) is 29.8 Å². The number of nitrogens with two attached hydrogens (primary N) is 1. The lowest BCUT2D eigenvalue weighted by Gasteiger charge is -2.42. The van der Waals surface area contributed by atoms with Crippen LogP contribution in [-0.2, 0) is 19.3 Å². The van der Waals surface area contributed by atoms with Crippen LogP contribution in [0.2, 0.25) is 0 Å². The highest BCUT2D eigenvalue weighted by molar-refractivity contribution is 6.13. The first-order valence-electron chi connectivity index (χ1n) is 9.87. The fraction of sp³-hybridized carbons (Fsp3) is 0.292. The lowest BCUT2D eigenvalue weighted by molar-refractivity contribution is 0.611. The first-order chi connectivity index (χ1) is 13.2. The van der Waals surface area contributed by atoms with Crippen LogP contribution in [0.1, 0.15) is 36.5 Å². The van der Waals surface area contributed by atoms with Crippen molar-refractivity contribution in [2.45, 2.75) is 44.6 Å². The van der Waals surface area contributed by atoms with Crippen LogP contribution in [0.4, 0.5) is 0 Å². The Morgan fingerprint density at radius 3 is 2.93 bits per heavy atom. The summed E-state index contributed by atoms with van der Waals surface area (Å²) >= 11 is 0. The van der Waals surface area contributed by atoms with E-state index in [1.54, 1.807) is 17.3 Å². The first-order valence-corrected chi connectivity index (χ1v) is 9.87. The molecule has 1 atom stereocenters. The molecule has 2 heterocycles. The second-order valence-corrected chi connectivity index (χ2v) is 7.93. The molecule has 136 valence electrons. The summed E-state index contributed by atoms with van der Waals surface area (Å²) in [5, 5.41) is 3.77. The van der Waals surface area contributed by atoms with Crippen molar-refractivity contribution in [2.75, 3.05) is 0 Å². The minimum absolute atomic E-state index is 0.417. The third-order valence-electron chi connectivity index (χ3n) is 6.16. The summed E-state index contributed by atoms with van der Waals surface area (Å²) in [7, 11) is 0. The number of hydrogen-bond donors (Lipinski definition) is 2. The highest BCUT2D eigenvalue weighted by atomic mass is 15.0. The molecular formula is C24H25N3. The Morgan fingerprint density at radius 1 is 1.11 bits per heavy atom. The molecule has 3 nitrogen and oxygen atoms in total. The zero-order valence-corrected chi connectivity index (χ0v) is 15.8. The van der Waals surface area contributed by atoms with E-state index in [4.69, 9.17) is 5.73 Å². The van der Waals surface area contributed by atoms with Gasteiger partial charge in [0.05, 0.1) is 17.6 Å². The number of nitrogens with zero attached hydrogens (tertiary/aromatic N) is 1. The van der Waals surface area contributed by atoms with Gasteiger partial charge in [-0.15, -0.1) is 0 Å². The standard InChI is InChI=1S/C24H25N3/c1-16-4-3-13-24-21(22(25)15-26-23(16)24)12-11-20(27-24)10-8-17-7-9-18-5-2-6-19(18)14-17/h3-4,7,9,11-15,27H,2,5-6,8,10,25H2,1H3. The summed E-state index contributed by atoms with van der Waals surface area (Å²) in [6.07, 6.45) is 18.3. The number of rotatable bonds is 3. The normalized spacial score (nSPS) is 25.1. The van der Waals surface area contributed by atoms with Gasteiger partial charge < -0.3 is 11.1 Å². The van der Waals surface area contributed by atoms with E-state index >= 15 is 0 Å². The number of nitrogens with one attached hydrogen (secondary N) is 1. The Morgan fingerprint density at radius 2 is 2.00 bits per heavy atom. The van der Waals surface area contributed by atoms with Gasteiger partial charge in [-0.05, 0) is 73.4 Å². The van der Waals surface area contributed by atoms with Gasteiger partial charge in [-0.3, -0.25) is 4.99 Å². The average Bonchev–Trinajstić information content (AvgIpc) is 3.14. The Labute approximate surface area is 160 Å². The molecule has 1 aromatic carbocycles. The Hall–Kier alpha value is -2.81. The van der Waals surface area contributed by atoms with Crippen molar-refractivity contribution >= 4 is 5.71 Å². The molecule has 0 saturated heterocycles. The van der Waals surface area contributed by atoms with Gasteiger partial charge in [-0.1, -0.05) is 36.4 Å². The zero-order valence-electron chi connectivity index (χ0n) is 15.8. The molecule has 1 unspecified atom stereocenters. The summed E-state index contributed by atoms with van der Waals surface area (Å²) in [5.74, 6) is 0. The van der Waals surface area contributed by atoms with Gasteiger partial charge in [0.15, 0.2) is 0 Å². The lowest BCUT2D eigenvalue weighted by atomic mass is 9.74. The van der Waals surface area contributed by atoms with Crippen LogP contribution < -0.4 is 11.1 Å². The van der Waals surface area contributed by atoms with Crippen molar-refractivity contribution in [3.05, 3.63) is 94.0 Å². The molecule has 5 rings (SSSR count). The molecule has 2 aliphatic carbocycles. The highest BCUT2D eigenvalue weighted by Crippen LogP contribution is 2.37. The lowest BCUT2D eigenvalue weighted by Crippen LogP contribution is -2.56. The summed E-state index contributed by atoms with van der Waals surface area (Å²) in [6.45, 7) is 2.11. The van der Waals surface area contributed by atoms with Crippen molar-refractivity contribution in [1.29, 1.82) is 0 Å². The topological polar surface area (TPSA) is 50.4 Å². The molecule has 0 bridgehead atoms. The zero-order chi connectivity index (χ0) is 18.4. The molecule has 1 spiro atoms. The van der Waals surface area contributed by atoms with Crippen molar-refractivity contribution < 1.29 is 0 Å². The Kier molecular flexibility index (Phi) is 3.71. The number of hydrogen-bond acceptors (Lipinski definition) is 3. The van der Waals surface area contributed by atoms with E-state index in [-0.39, 0.29) is 0 Å². The summed E-state index contributed by atoms with van der Waals surface area (Å²) in [5.41, 5.74) is 15.7. The van der Waals surface area contributed by atoms with E-state index in [1.807, 2.05) is 0 Å². The quantitative estimate of drug-likeness (QED) is 0.860. The predicted molar refractivity (Wildman–Crippen MR) is 111 cm³/mol. The van der Waals surface area contributed by atoms with Gasteiger partial charge in [0.2, 0.25) is 0 Å². The maximum absolute atomic E-state index is 6.26. The second-order valence-electron chi connectivity index (χ2n) is 7.93. The van der Waals surface area contributed by atoms with Gasteiger partial charge in [-0.25, -0.2) is 0 Å². The van der Waals surface area contributed by atoms with Gasteiger partial charge in [0.25, 0.3) is 0 Å². The molecule has 3 N–H and O–H groups in total. The van der Waals surface area contributed by atoms with E-state index in [2.05, 4.69) is 65.8 Å². The van der Waals surface area contributed by atoms with Crippen LogP contribution in [0.15, 0.2) is 82.3 Å². The molecule has 4 aliphatic rings. The van der Waals surface area contributed by atoms with Crippen LogP contribution in [0.25, 0.3) is 0 Å². The molecule has 3 heteroatoms. The molecule has 27 heavy (non-hydrogen) atoms. The van der Waals surface area contributed by atoms with E-state index in [0.29, 0.717) is 0 Å². The maximum Gasteiger partial charge on any atom is 0.126 e. The molecule has 0 fully saturated rings. The second kappa shape index (κ2) is 6.12. The summed E-state index contributed by atoms with van der Waals surface area (Å²) in [4.78, 5) is 4.66. The number of dihydropyridines is 1. The fourth-order valence-electron chi connectivity index (χ4n) is 4.74. The number of aryl methyl sites for hydroxylation is 3. The van der Waals surface area contributed by atoms with Crippen molar-refractivity contribution in [3.63, 3.8) is 0 Å². The van der Waals surface area contributed by atoms with Crippen molar-refractivity contribution in [2.24, 2.45) is 10.7 Å². The van der Waals surface area contributed by atoms with E-state index in [9.17, 15) is 0 Å². The number of aliphatic imine (C=N–C) groups is 1. The Balaban J connectivity index is 1.40. The summed E-state index contributed by atoms with van der Waals surface area (Å²) in [6, 6.07) is 7.04. The molecule has 0 amide bonds. The van der Waals surface area contributed by atoms with Crippen LogP contribution in [0.3, 0.4) is 0 Å². The highest BCUT2D eigenvalue weighted by Gasteiger charge is 2.43. The van der Waals surface area contributed by atoms with E-state index < -0.39 is 5.54 Å². The monoisotopic (exact) mass is 355 g/mol. The minimum Gasteiger partial charge on any atom is -0.397 e. The average molecular weight is 355 g/mol. The summed E-state index contributed by atoms with van der Waals surface area (Å²) < 4.78 is 0. The third-order valence-corrected chi connectivity index (χ3v) is 6.16. The fourth-order valence-corrected chi connectivity index (χ4v) is 4.74. The van der Waals surface area contributed by atoms with Crippen molar-refractivity contribution in [3.8, 4) is 0 Å². The number of fused-ring (bicyclic) bond motifs is 1. The molecule has 2 aliphatic heterocycles. The largest absolute Gasteiger partial charge is 0.397 e. The van der Waals surface area contributed by atoms with Gasteiger partial charge in [0, 0.05) is 11.3 Å². The molecule has 0 radical (unpaired) electrons. The molecular weight excluding hydrogens is 330 g/mol. The maximum atomic E-state index is 6.26. The Bertz CT molecular complexity index is 1000. The van der Waals surface area contributed by atoms with Crippen LogP contribution >= 0.6 is 0 Å². The van der Waals surface area contributed by atoms with Gasteiger partial charge in [0.1, 0.15) is 5.54 Å². The predicted octanol–water partition coefficient (Wildman–Crippen LogP) is 4.03. The van der Waals surface area contributed by atoms with E-state index in [1.165, 1.54) is 36.1 Å². The SMILES string of the molecule is CC1=CC=CC23NC(CCc4ccc5c(c4)CCC5)=CC=C2C(N)=CN=C13. The number of allylic oxidation sites excluding steroid dienone is 5. The van der Waals surface area contributed by atoms with Crippen LogP contribution in [0.5, 0.6) is 0 Å². The van der Waals surface area contributed by atoms with Gasteiger partial charge in [-0.2, -0.15) is 0 Å². The number of benzene rings is 1. The molecule has 0 saturated carbocycles.